The minimum Gasteiger partial charge on any atom is -0.435 e. The highest BCUT2D eigenvalue weighted by Crippen LogP contribution is 2.27. The molecule has 66 valence electrons. The van der Waals surface area contributed by atoms with Gasteiger partial charge < -0.3 is 4.74 Å². The molecule has 1 aromatic carbocycles. The first-order chi connectivity index (χ1) is 6.27. The topological polar surface area (TPSA) is 38.3 Å². The Morgan fingerprint density at radius 2 is 2.00 bits per heavy atom. The van der Waals surface area contributed by atoms with Crippen LogP contribution in [0.5, 0.6) is 0 Å². The van der Waals surface area contributed by atoms with Gasteiger partial charge in [0.1, 0.15) is 0 Å². The quantitative estimate of drug-likeness (QED) is 0.708. The number of amides is 1. The van der Waals surface area contributed by atoms with Gasteiger partial charge >= 0.3 is 6.09 Å². The van der Waals surface area contributed by atoms with Crippen LogP contribution in [0.25, 0.3) is 0 Å². The lowest BCUT2D eigenvalue weighted by Gasteiger charge is -2.07. The Bertz CT molecular complexity index is 345. The smallest absolute Gasteiger partial charge is 0.412 e. The normalized spacial score (nSPS) is 21.1. The van der Waals surface area contributed by atoms with E-state index in [1.807, 2.05) is 30.3 Å². The summed E-state index contributed by atoms with van der Waals surface area (Å²) >= 11 is 0. The van der Waals surface area contributed by atoms with Crippen molar-refractivity contribution >= 4 is 6.09 Å². The third kappa shape index (κ3) is 1.40. The maximum Gasteiger partial charge on any atom is 0.412 e. The molecule has 0 aliphatic carbocycles. The third-order valence-electron chi connectivity index (χ3n) is 1.91. The molecule has 0 bridgehead atoms. The molecule has 1 aliphatic heterocycles. The van der Waals surface area contributed by atoms with Gasteiger partial charge in [0, 0.05) is 0 Å². The minimum absolute atomic E-state index is 0.339. The molecule has 1 fully saturated rings. The molecule has 3 nitrogen and oxygen atoms in total. The molecular formula is C10H9NO2. The van der Waals surface area contributed by atoms with Gasteiger partial charge in [0.15, 0.2) is 6.10 Å². The molecular weight excluding hydrogens is 166 g/mol. The highest BCUT2D eigenvalue weighted by molar-refractivity contribution is 5.73. The monoisotopic (exact) mass is 175 g/mol. The van der Waals surface area contributed by atoms with Crippen LogP contribution < -0.4 is 5.32 Å². The molecule has 2 rings (SSSR count). The van der Waals surface area contributed by atoms with E-state index in [4.69, 9.17) is 4.74 Å². The van der Waals surface area contributed by atoms with E-state index in [0.717, 1.165) is 5.56 Å². The lowest BCUT2D eigenvalue weighted by molar-refractivity contribution is 0.145. The van der Waals surface area contributed by atoms with Gasteiger partial charge in [-0.25, -0.2) is 4.79 Å². The van der Waals surface area contributed by atoms with Crippen LogP contribution in [0.1, 0.15) is 11.7 Å². The summed E-state index contributed by atoms with van der Waals surface area (Å²) in [5, 5.41) is 2.51. The Kier molecular flexibility index (Phi) is 1.77. The lowest BCUT2D eigenvalue weighted by atomic mass is 10.1. The average molecular weight is 175 g/mol. The van der Waals surface area contributed by atoms with Crippen molar-refractivity contribution in [3.05, 3.63) is 48.2 Å². The van der Waals surface area contributed by atoms with Crippen molar-refractivity contribution in [2.24, 2.45) is 0 Å². The number of carbonyl (C=O) groups excluding carboxylic acids is 1. The second kappa shape index (κ2) is 2.94. The van der Waals surface area contributed by atoms with Crippen LogP contribution in [0.4, 0.5) is 4.79 Å². The van der Waals surface area contributed by atoms with E-state index in [1.54, 1.807) is 0 Å². The van der Waals surface area contributed by atoms with Crippen LogP contribution in [-0.4, -0.2) is 6.09 Å². The second-order valence-electron chi connectivity index (χ2n) is 2.85. The van der Waals surface area contributed by atoms with Crippen LogP contribution in [0.15, 0.2) is 42.6 Å². The van der Waals surface area contributed by atoms with E-state index in [2.05, 4.69) is 11.9 Å². The zero-order chi connectivity index (χ0) is 9.26. The molecule has 1 heterocycles. The van der Waals surface area contributed by atoms with Crippen molar-refractivity contribution in [1.29, 1.82) is 0 Å². The van der Waals surface area contributed by atoms with Crippen molar-refractivity contribution in [3.63, 3.8) is 0 Å². The number of alkyl carbamates (subject to hydrolysis) is 1. The molecule has 0 aromatic heterocycles. The summed E-state index contributed by atoms with van der Waals surface area (Å²) in [5.74, 6) is 0. The van der Waals surface area contributed by atoms with Crippen molar-refractivity contribution in [2.45, 2.75) is 6.10 Å². The Labute approximate surface area is 76.0 Å². The molecule has 13 heavy (non-hydrogen) atoms. The van der Waals surface area contributed by atoms with E-state index < -0.39 is 6.09 Å². The van der Waals surface area contributed by atoms with E-state index in [-0.39, 0.29) is 6.10 Å². The van der Waals surface area contributed by atoms with E-state index in [1.165, 1.54) is 0 Å². The first-order valence-corrected chi connectivity index (χ1v) is 3.99. The van der Waals surface area contributed by atoms with Gasteiger partial charge in [-0.05, 0) is 5.56 Å². The Balaban J connectivity index is 2.28. The molecule has 0 radical (unpaired) electrons. The van der Waals surface area contributed by atoms with E-state index >= 15 is 0 Å². The maximum absolute atomic E-state index is 10.8. The van der Waals surface area contributed by atoms with Gasteiger partial charge in [0.2, 0.25) is 0 Å². The van der Waals surface area contributed by atoms with Gasteiger partial charge in [-0.2, -0.15) is 0 Å². The number of hydrogen-bond donors (Lipinski definition) is 1. The first kappa shape index (κ1) is 7.86. The molecule has 1 atom stereocenters. The Morgan fingerprint density at radius 1 is 1.31 bits per heavy atom. The second-order valence-corrected chi connectivity index (χ2v) is 2.85. The number of nitrogens with one attached hydrogen (secondary N) is 1. The van der Waals surface area contributed by atoms with Crippen LogP contribution in [-0.2, 0) is 4.74 Å². The Morgan fingerprint density at radius 3 is 2.54 bits per heavy atom. The fourth-order valence-electron chi connectivity index (χ4n) is 1.30. The average Bonchev–Trinajstić information content (AvgIpc) is 2.47. The summed E-state index contributed by atoms with van der Waals surface area (Å²) < 4.78 is 5.01. The van der Waals surface area contributed by atoms with Crippen LogP contribution in [0, 0.1) is 0 Å². The largest absolute Gasteiger partial charge is 0.435 e. The number of carbonyl (C=O) groups is 1. The number of benzene rings is 1. The Hall–Kier alpha value is -1.77. The van der Waals surface area contributed by atoms with Crippen molar-refractivity contribution in [2.75, 3.05) is 0 Å². The van der Waals surface area contributed by atoms with Crippen molar-refractivity contribution < 1.29 is 9.53 Å². The molecule has 1 saturated heterocycles. The van der Waals surface area contributed by atoms with Crippen LogP contribution >= 0.6 is 0 Å². The molecule has 1 aromatic rings. The number of cyclic esters (lactones) is 1. The fourth-order valence-corrected chi connectivity index (χ4v) is 1.30. The summed E-state index contributed by atoms with van der Waals surface area (Å²) in [6.45, 7) is 3.71. The highest BCUT2D eigenvalue weighted by atomic mass is 16.6. The molecule has 1 unspecified atom stereocenters. The minimum atomic E-state index is -0.432. The van der Waals surface area contributed by atoms with Gasteiger partial charge in [0.05, 0.1) is 5.70 Å². The predicted octanol–water partition coefficient (Wildman–Crippen LogP) is 1.98. The van der Waals surface area contributed by atoms with E-state index in [9.17, 15) is 4.79 Å². The zero-order valence-electron chi connectivity index (χ0n) is 6.99. The highest BCUT2D eigenvalue weighted by Gasteiger charge is 2.27. The third-order valence-corrected chi connectivity index (χ3v) is 1.91. The van der Waals surface area contributed by atoms with Crippen molar-refractivity contribution in [1.82, 2.24) is 5.32 Å². The summed E-state index contributed by atoms with van der Waals surface area (Å²) in [7, 11) is 0. The molecule has 1 amide bonds. The predicted molar refractivity (Wildman–Crippen MR) is 47.9 cm³/mol. The molecule has 1 N–H and O–H groups in total. The summed E-state index contributed by atoms with van der Waals surface area (Å²) in [6.07, 6.45) is -0.771. The number of ether oxygens (including phenoxy) is 1. The van der Waals surface area contributed by atoms with Gasteiger partial charge in [-0.15, -0.1) is 0 Å². The standard InChI is InChI=1S/C10H9NO2/c1-7-9(13-10(12)11-7)8-5-3-2-4-6-8/h2-6,9H,1H2,(H,11,12). The van der Waals surface area contributed by atoms with E-state index in [0.29, 0.717) is 5.70 Å². The number of hydrogen-bond acceptors (Lipinski definition) is 2. The van der Waals surface area contributed by atoms with Crippen LogP contribution in [0.2, 0.25) is 0 Å². The van der Waals surface area contributed by atoms with Gasteiger partial charge in [0.25, 0.3) is 0 Å². The maximum atomic E-state index is 10.8. The lowest BCUT2D eigenvalue weighted by Crippen LogP contribution is -2.10. The summed E-state index contributed by atoms with van der Waals surface area (Å²) in [6, 6.07) is 9.51. The summed E-state index contributed by atoms with van der Waals surface area (Å²) in [4.78, 5) is 10.8. The zero-order valence-corrected chi connectivity index (χ0v) is 6.99. The van der Waals surface area contributed by atoms with Crippen molar-refractivity contribution in [3.8, 4) is 0 Å². The molecule has 3 heteroatoms. The van der Waals surface area contributed by atoms with Gasteiger partial charge in [-0.3, -0.25) is 5.32 Å². The summed E-state index contributed by atoms with van der Waals surface area (Å²) in [5.41, 5.74) is 1.53. The molecule has 1 aliphatic rings. The molecule has 0 saturated carbocycles. The fraction of sp³-hybridized carbons (Fsp3) is 0.100. The first-order valence-electron chi connectivity index (χ1n) is 3.99. The SMILES string of the molecule is C=C1NC(=O)OC1c1ccccc1. The van der Waals surface area contributed by atoms with Crippen LogP contribution in [0.3, 0.4) is 0 Å². The molecule has 0 spiro atoms. The van der Waals surface area contributed by atoms with Gasteiger partial charge in [-0.1, -0.05) is 36.9 Å². The number of rotatable bonds is 1.